The molecule has 0 radical (unpaired) electrons. The van der Waals surface area contributed by atoms with E-state index in [2.05, 4.69) is 0 Å². The second-order valence-electron chi connectivity index (χ2n) is 2.33. The smallest absolute Gasteiger partial charge is 0.160 e. The summed E-state index contributed by atoms with van der Waals surface area (Å²) >= 11 is 3.99. The van der Waals surface area contributed by atoms with Crippen molar-refractivity contribution in [1.82, 2.24) is 0 Å². The third-order valence-corrected chi connectivity index (χ3v) is 4.77. The van der Waals surface area contributed by atoms with Gasteiger partial charge in [0.15, 0.2) is 4.27 Å². The van der Waals surface area contributed by atoms with E-state index in [4.69, 9.17) is 4.74 Å². The Morgan fingerprint density at radius 3 is 2.67 bits per heavy atom. The van der Waals surface area contributed by atoms with E-state index in [1.54, 1.807) is 0 Å². The van der Waals surface area contributed by atoms with E-state index in [0.29, 0.717) is 0 Å². The molecule has 0 saturated carbocycles. The van der Waals surface area contributed by atoms with Gasteiger partial charge < -0.3 is 4.74 Å². The Balaban J connectivity index is 2.04. The van der Waals surface area contributed by atoms with Crippen molar-refractivity contribution in [3.63, 3.8) is 0 Å². The average molecular weight is 162 g/mol. The van der Waals surface area contributed by atoms with Crippen LogP contribution >= 0.6 is 23.5 Å². The summed E-state index contributed by atoms with van der Waals surface area (Å²) in [5.74, 6) is 2.50. The predicted octanol–water partition coefficient (Wildman–Crippen LogP) is 1.93. The van der Waals surface area contributed by atoms with Gasteiger partial charge in [0.05, 0.1) is 6.61 Å². The Morgan fingerprint density at radius 1 is 1.22 bits per heavy atom. The van der Waals surface area contributed by atoms with Gasteiger partial charge >= 0.3 is 0 Å². The lowest BCUT2D eigenvalue weighted by atomic mass is 10.4. The molecule has 52 valence electrons. The van der Waals surface area contributed by atoms with Gasteiger partial charge in [-0.3, -0.25) is 0 Å². The van der Waals surface area contributed by atoms with E-state index in [1.807, 2.05) is 23.5 Å². The predicted molar refractivity (Wildman–Crippen MR) is 42.8 cm³/mol. The molecule has 2 fully saturated rings. The molecule has 9 heavy (non-hydrogen) atoms. The zero-order chi connectivity index (χ0) is 6.16. The summed E-state index contributed by atoms with van der Waals surface area (Å²) in [4.78, 5) is 0. The first-order valence-corrected chi connectivity index (χ1v) is 5.30. The molecule has 2 heterocycles. The minimum absolute atomic E-state index is 0.222. The van der Waals surface area contributed by atoms with Crippen LogP contribution in [0.3, 0.4) is 0 Å². The molecule has 1 unspecified atom stereocenters. The van der Waals surface area contributed by atoms with E-state index >= 15 is 0 Å². The zero-order valence-corrected chi connectivity index (χ0v) is 6.89. The van der Waals surface area contributed by atoms with Crippen LogP contribution in [0, 0.1) is 0 Å². The van der Waals surface area contributed by atoms with Gasteiger partial charge in [-0.15, -0.1) is 23.5 Å². The molecule has 0 N–H and O–H groups in total. The van der Waals surface area contributed by atoms with E-state index in [9.17, 15) is 0 Å². The van der Waals surface area contributed by atoms with Crippen LogP contribution in [-0.2, 0) is 4.74 Å². The van der Waals surface area contributed by atoms with Crippen molar-refractivity contribution in [2.75, 3.05) is 18.1 Å². The number of hydrogen-bond acceptors (Lipinski definition) is 3. The van der Waals surface area contributed by atoms with Gasteiger partial charge in [-0.1, -0.05) is 0 Å². The summed E-state index contributed by atoms with van der Waals surface area (Å²) in [5.41, 5.74) is 0. The molecule has 0 aliphatic carbocycles. The zero-order valence-electron chi connectivity index (χ0n) is 5.26. The molecule has 2 aliphatic heterocycles. The normalized spacial score (nSPS) is 42.7. The van der Waals surface area contributed by atoms with Gasteiger partial charge in [0.25, 0.3) is 0 Å². The fraction of sp³-hybridized carbons (Fsp3) is 1.00. The van der Waals surface area contributed by atoms with Gasteiger partial charge in [0.1, 0.15) is 0 Å². The van der Waals surface area contributed by atoms with Crippen LogP contribution in [0.2, 0.25) is 0 Å². The lowest BCUT2D eigenvalue weighted by Crippen LogP contribution is -2.13. The molecule has 2 rings (SSSR count). The molecular formula is C6H10OS2. The van der Waals surface area contributed by atoms with Crippen LogP contribution < -0.4 is 0 Å². The summed E-state index contributed by atoms with van der Waals surface area (Å²) in [6.45, 7) is 0.970. The summed E-state index contributed by atoms with van der Waals surface area (Å²) < 4.78 is 5.85. The molecule has 0 aromatic rings. The summed E-state index contributed by atoms with van der Waals surface area (Å²) in [7, 11) is 0. The Bertz CT molecular complexity index is 86.1. The van der Waals surface area contributed by atoms with Gasteiger partial charge in [0, 0.05) is 5.75 Å². The quantitative estimate of drug-likeness (QED) is 0.538. The van der Waals surface area contributed by atoms with E-state index < -0.39 is 0 Å². The molecule has 0 amide bonds. The fourth-order valence-electron chi connectivity index (χ4n) is 1.25. The highest BCUT2D eigenvalue weighted by Crippen LogP contribution is 2.50. The summed E-state index contributed by atoms with van der Waals surface area (Å²) in [5, 5.41) is 0. The second-order valence-corrected chi connectivity index (χ2v) is 5.30. The van der Waals surface area contributed by atoms with Gasteiger partial charge in [0.2, 0.25) is 0 Å². The van der Waals surface area contributed by atoms with E-state index in [-0.39, 0.29) is 4.27 Å². The SMILES string of the molecule is C1CSC2(C1)OCCS2. The maximum atomic E-state index is 5.63. The lowest BCUT2D eigenvalue weighted by molar-refractivity contribution is 0.117. The van der Waals surface area contributed by atoms with Crippen LogP contribution in [-0.4, -0.2) is 22.4 Å². The molecule has 0 bridgehead atoms. The molecule has 1 atom stereocenters. The van der Waals surface area contributed by atoms with E-state index in [1.165, 1.54) is 24.3 Å². The summed E-state index contributed by atoms with van der Waals surface area (Å²) in [6, 6.07) is 0. The number of ether oxygens (including phenoxy) is 1. The lowest BCUT2D eigenvalue weighted by Gasteiger charge is -2.18. The van der Waals surface area contributed by atoms with Crippen molar-refractivity contribution in [2.45, 2.75) is 17.1 Å². The maximum absolute atomic E-state index is 5.63. The van der Waals surface area contributed by atoms with Crippen molar-refractivity contribution >= 4 is 23.5 Å². The van der Waals surface area contributed by atoms with Crippen molar-refractivity contribution in [2.24, 2.45) is 0 Å². The Kier molecular flexibility index (Phi) is 1.67. The Hall–Kier alpha value is 0.660. The molecule has 1 spiro atoms. The standard InChI is InChI=1S/C6H10OS2/c1-2-6(8-4-1)7-3-5-9-6/h1-5H2. The largest absolute Gasteiger partial charge is 0.354 e. The molecule has 0 aromatic heterocycles. The third-order valence-electron chi connectivity index (χ3n) is 1.68. The first kappa shape index (κ1) is 6.38. The van der Waals surface area contributed by atoms with Crippen LogP contribution in [0.5, 0.6) is 0 Å². The van der Waals surface area contributed by atoms with Crippen LogP contribution in [0.25, 0.3) is 0 Å². The van der Waals surface area contributed by atoms with E-state index in [0.717, 1.165) is 6.61 Å². The van der Waals surface area contributed by atoms with Gasteiger partial charge in [-0.25, -0.2) is 0 Å². The maximum Gasteiger partial charge on any atom is 0.160 e. The monoisotopic (exact) mass is 162 g/mol. The van der Waals surface area contributed by atoms with Gasteiger partial charge in [-0.2, -0.15) is 0 Å². The van der Waals surface area contributed by atoms with Crippen molar-refractivity contribution in [1.29, 1.82) is 0 Å². The highest BCUT2D eigenvalue weighted by Gasteiger charge is 2.39. The Morgan fingerprint density at radius 2 is 2.11 bits per heavy atom. The van der Waals surface area contributed by atoms with Crippen molar-refractivity contribution < 1.29 is 4.74 Å². The first-order valence-electron chi connectivity index (χ1n) is 3.33. The Labute approximate surface area is 63.9 Å². The first-order chi connectivity index (χ1) is 4.41. The van der Waals surface area contributed by atoms with Crippen LogP contribution in [0.4, 0.5) is 0 Å². The fourth-order valence-corrected chi connectivity index (χ4v) is 4.07. The molecular weight excluding hydrogens is 152 g/mol. The van der Waals surface area contributed by atoms with Gasteiger partial charge in [-0.05, 0) is 18.6 Å². The number of hydrogen-bond donors (Lipinski definition) is 0. The summed E-state index contributed by atoms with van der Waals surface area (Å²) in [6.07, 6.45) is 2.61. The minimum Gasteiger partial charge on any atom is -0.354 e. The van der Waals surface area contributed by atoms with Crippen LogP contribution in [0.1, 0.15) is 12.8 Å². The number of rotatable bonds is 0. The number of thioether (sulfide) groups is 2. The second kappa shape index (κ2) is 2.36. The highest BCUT2D eigenvalue weighted by atomic mass is 32.2. The highest BCUT2D eigenvalue weighted by molar-refractivity contribution is 8.18. The molecule has 3 heteroatoms. The van der Waals surface area contributed by atoms with Crippen LogP contribution in [0.15, 0.2) is 0 Å². The van der Waals surface area contributed by atoms with Crippen molar-refractivity contribution in [3.05, 3.63) is 0 Å². The average Bonchev–Trinajstić information content (AvgIpc) is 2.45. The molecule has 2 aliphatic rings. The third kappa shape index (κ3) is 1.10. The topological polar surface area (TPSA) is 9.23 Å². The molecule has 0 aromatic carbocycles. The molecule has 1 nitrogen and oxygen atoms in total. The van der Waals surface area contributed by atoms with Crippen molar-refractivity contribution in [3.8, 4) is 0 Å². The molecule has 2 saturated heterocycles. The minimum atomic E-state index is 0.222.